The molecular weight excluding hydrogens is 190 g/mol. The number of aryl methyl sites for hydroxylation is 2. The maximum absolute atomic E-state index is 3.53. The minimum Gasteiger partial charge on any atom is -0.383 e. The molecule has 1 aliphatic heterocycles. The van der Waals surface area contributed by atoms with Gasteiger partial charge in [-0.05, 0) is 44.9 Å². The van der Waals surface area contributed by atoms with Crippen LogP contribution in [0.25, 0.3) is 0 Å². The second kappa shape index (κ2) is 3.20. The Balaban J connectivity index is 2.47. The van der Waals surface area contributed by atoms with Crippen molar-refractivity contribution in [2.45, 2.75) is 37.3 Å². The van der Waals surface area contributed by atoms with Crippen molar-refractivity contribution in [3.63, 3.8) is 0 Å². The molecule has 1 aromatic rings. The average molecular weight is 207 g/mol. The van der Waals surface area contributed by atoms with Gasteiger partial charge in [-0.1, -0.05) is 6.07 Å². The van der Waals surface area contributed by atoms with Gasteiger partial charge in [0.2, 0.25) is 0 Å². The molecule has 0 spiro atoms. The summed E-state index contributed by atoms with van der Waals surface area (Å²) >= 11 is 1.98. The Morgan fingerprint density at radius 1 is 1.29 bits per heavy atom. The lowest BCUT2D eigenvalue weighted by Gasteiger charge is -2.32. The SMILES string of the molecule is Cc1cc(C)c2c(c1)SC(C)(C)CN2. The second-order valence-electron chi connectivity index (χ2n) is 4.67. The molecule has 14 heavy (non-hydrogen) atoms. The zero-order valence-corrected chi connectivity index (χ0v) is 10.1. The van der Waals surface area contributed by atoms with Crippen molar-refractivity contribution >= 4 is 17.4 Å². The number of benzene rings is 1. The molecule has 0 amide bonds. The molecule has 1 aliphatic rings. The highest BCUT2D eigenvalue weighted by atomic mass is 32.2. The van der Waals surface area contributed by atoms with E-state index >= 15 is 0 Å². The molecule has 76 valence electrons. The summed E-state index contributed by atoms with van der Waals surface area (Å²) in [5.41, 5.74) is 4.05. The van der Waals surface area contributed by atoms with E-state index in [1.165, 1.54) is 21.7 Å². The Labute approximate surface area is 90.3 Å². The summed E-state index contributed by atoms with van der Waals surface area (Å²) < 4.78 is 0.313. The number of rotatable bonds is 0. The van der Waals surface area contributed by atoms with E-state index in [1.807, 2.05) is 11.8 Å². The van der Waals surface area contributed by atoms with Gasteiger partial charge >= 0.3 is 0 Å². The number of hydrogen-bond acceptors (Lipinski definition) is 2. The fraction of sp³-hybridized carbons (Fsp3) is 0.500. The van der Waals surface area contributed by atoms with E-state index < -0.39 is 0 Å². The highest BCUT2D eigenvalue weighted by molar-refractivity contribution is 8.00. The van der Waals surface area contributed by atoms with E-state index in [9.17, 15) is 0 Å². The highest BCUT2D eigenvalue weighted by Crippen LogP contribution is 2.43. The van der Waals surface area contributed by atoms with Gasteiger partial charge in [0.25, 0.3) is 0 Å². The van der Waals surface area contributed by atoms with Crippen molar-refractivity contribution in [3.05, 3.63) is 23.3 Å². The van der Waals surface area contributed by atoms with Gasteiger partial charge in [-0.25, -0.2) is 0 Å². The van der Waals surface area contributed by atoms with E-state index in [2.05, 4.69) is 45.1 Å². The van der Waals surface area contributed by atoms with Gasteiger partial charge < -0.3 is 5.32 Å². The van der Waals surface area contributed by atoms with Crippen LogP contribution in [0.2, 0.25) is 0 Å². The number of thioether (sulfide) groups is 1. The summed E-state index contributed by atoms with van der Waals surface area (Å²) in [6, 6.07) is 4.52. The lowest BCUT2D eigenvalue weighted by Crippen LogP contribution is -2.30. The number of fused-ring (bicyclic) bond motifs is 1. The van der Waals surface area contributed by atoms with Crippen LogP contribution in [0.3, 0.4) is 0 Å². The van der Waals surface area contributed by atoms with E-state index in [0.717, 1.165) is 6.54 Å². The van der Waals surface area contributed by atoms with E-state index in [-0.39, 0.29) is 0 Å². The van der Waals surface area contributed by atoms with Crippen molar-refractivity contribution in [1.29, 1.82) is 0 Å². The third-order valence-corrected chi connectivity index (χ3v) is 3.76. The van der Waals surface area contributed by atoms with E-state index in [0.29, 0.717) is 4.75 Å². The molecule has 0 bridgehead atoms. The minimum absolute atomic E-state index is 0.313. The molecule has 0 saturated heterocycles. The van der Waals surface area contributed by atoms with Crippen molar-refractivity contribution in [2.75, 3.05) is 11.9 Å². The lowest BCUT2D eigenvalue weighted by molar-refractivity contribution is 0.738. The highest BCUT2D eigenvalue weighted by Gasteiger charge is 2.26. The molecular formula is C12H17NS. The van der Waals surface area contributed by atoms with Crippen LogP contribution in [-0.4, -0.2) is 11.3 Å². The fourth-order valence-electron chi connectivity index (χ4n) is 1.87. The summed E-state index contributed by atoms with van der Waals surface area (Å²) in [4.78, 5) is 1.40. The van der Waals surface area contributed by atoms with Crippen LogP contribution in [0.4, 0.5) is 5.69 Å². The van der Waals surface area contributed by atoms with Crippen molar-refractivity contribution in [2.24, 2.45) is 0 Å². The molecule has 0 aromatic heterocycles. The first kappa shape index (κ1) is 9.91. The molecule has 1 aromatic carbocycles. The zero-order valence-electron chi connectivity index (χ0n) is 9.27. The number of hydrogen-bond donors (Lipinski definition) is 1. The van der Waals surface area contributed by atoms with Gasteiger partial charge in [-0.3, -0.25) is 0 Å². The minimum atomic E-state index is 0.313. The Morgan fingerprint density at radius 3 is 2.71 bits per heavy atom. The lowest BCUT2D eigenvalue weighted by atomic mass is 10.1. The largest absolute Gasteiger partial charge is 0.383 e. The van der Waals surface area contributed by atoms with Crippen LogP contribution in [-0.2, 0) is 0 Å². The van der Waals surface area contributed by atoms with Crippen molar-refractivity contribution in [3.8, 4) is 0 Å². The zero-order chi connectivity index (χ0) is 10.3. The Bertz CT molecular complexity index is 369. The average Bonchev–Trinajstić information content (AvgIpc) is 2.00. The van der Waals surface area contributed by atoms with Crippen LogP contribution in [0.15, 0.2) is 17.0 Å². The molecule has 2 rings (SSSR count). The predicted molar refractivity (Wildman–Crippen MR) is 64.3 cm³/mol. The van der Waals surface area contributed by atoms with E-state index in [1.54, 1.807) is 0 Å². The molecule has 1 nitrogen and oxygen atoms in total. The normalized spacial score (nSPS) is 18.6. The first-order valence-electron chi connectivity index (χ1n) is 5.02. The number of nitrogens with one attached hydrogen (secondary N) is 1. The van der Waals surface area contributed by atoms with Crippen LogP contribution in [0.1, 0.15) is 25.0 Å². The van der Waals surface area contributed by atoms with Crippen LogP contribution < -0.4 is 5.32 Å². The molecule has 1 N–H and O–H groups in total. The van der Waals surface area contributed by atoms with Gasteiger partial charge in [0.15, 0.2) is 0 Å². The standard InChI is InChI=1S/C12H17NS/c1-8-5-9(2)11-10(6-8)14-12(3,4)7-13-11/h5-6,13H,7H2,1-4H3. The molecule has 1 heterocycles. The summed E-state index contributed by atoms with van der Waals surface area (Å²) in [6.45, 7) is 9.96. The van der Waals surface area contributed by atoms with Crippen LogP contribution in [0, 0.1) is 13.8 Å². The maximum Gasteiger partial charge on any atom is 0.0508 e. The molecule has 0 atom stereocenters. The van der Waals surface area contributed by atoms with Gasteiger partial charge in [0.05, 0.1) is 5.69 Å². The summed E-state index contributed by atoms with van der Waals surface area (Å²) in [5, 5.41) is 3.53. The van der Waals surface area contributed by atoms with Crippen molar-refractivity contribution < 1.29 is 0 Å². The van der Waals surface area contributed by atoms with Gasteiger partial charge in [-0.15, -0.1) is 11.8 Å². The second-order valence-corrected chi connectivity index (χ2v) is 6.42. The van der Waals surface area contributed by atoms with E-state index in [4.69, 9.17) is 0 Å². The Kier molecular flexibility index (Phi) is 2.26. The number of anilines is 1. The summed E-state index contributed by atoms with van der Waals surface area (Å²) in [7, 11) is 0. The first-order valence-corrected chi connectivity index (χ1v) is 5.84. The van der Waals surface area contributed by atoms with Gasteiger partial charge in [-0.2, -0.15) is 0 Å². The molecule has 0 saturated carbocycles. The molecule has 0 aliphatic carbocycles. The third kappa shape index (κ3) is 1.76. The Morgan fingerprint density at radius 2 is 2.00 bits per heavy atom. The molecule has 0 fully saturated rings. The summed E-state index contributed by atoms with van der Waals surface area (Å²) in [5.74, 6) is 0. The predicted octanol–water partition coefficient (Wildman–Crippen LogP) is 3.60. The van der Waals surface area contributed by atoms with Gasteiger partial charge in [0, 0.05) is 16.2 Å². The monoisotopic (exact) mass is 207 g/mol. The topological polar surface area (TPSA) is 12.0 Å². The first-order chi connectivity index (χ1) is 6.48. The quantitative estimate of drug-likeness (QED) is 0.697. The van der Waals surface area contributed by atoms with Crippen molar-refractivity contribution in [1.82, 2.24) is 0 Å². The fourth-order valence-corrected chi connectivity index (χ4v) is 3.19. The summed E-state index contributed by atoms with van der Waals surface area (Å²) in [6.07, 6.45) is 0. The van der Waals surface area contributed by atoms with Crippen LogP contribution in [0.5, 0.6) is 0 Å². The molecule has 0 radical (unpaired) electrons. The third-order valence-electron chi connectivity index (χ3n) is 2.52. The van der Waals surface area contributed by atoms with Gasteiger partial charge in [0.1, 0.15) is 0 Å². The molecule has 2 heteroatoms. The smallest absolute Gasteiger partial charge is 0.0508 e. The maximum atomic E-state index is 3.53. The molecule has 0 unspecified atom stereocenters. The Hall–Kier alpha value is -0.630. The van der Waals surface area contributed by atoms with Crippen LogP contribution >= 0.6 is 11.8 Å².